The molecule has 0 spiro atoms. The van der Waals surface area contributed by atoms with Gasteiger partial charge in [-0.05, 0) is 6.42 Å². The molecule has 1 fully saturated rings. The van der Waals surface area contributed by atoms with E-state index >= 15 is 0 Å². The maximum atomic E-state index is 11.8. The number of morpholine rings is 1. The summed E-state index contributed by atoms with van der Waals surface area (Å²) in [5, 5.41) is 4.27. The zero-order valence-electron chi connectivity index (χ0n) is 13.0. The molecular formula is C15H25N3O3. The summed E-state index contributed by atoms with van der Waals surface area (Å²) in [6, 6.07) is 1.61. The third kappa shape index (κ3) is 4.46. The monoisotopic (exact) mass is 295 g/mol. The molecule has 2 heterocycles. The van der Waals surface area contributed by atoms with Gasteiger partial charge in [0.15, 0.2) is 0 Å². The highest BCUT2D eigenvalue weighted by molar-refractivity contribution is 5.54. The molecule has 0 amide bonds. The lowest BCUT2D eigenvalue weighted by atomic mass is 10.2. The number of unbranched alkanes of at least 4 members (excludes halogenated alkanes) is 3. The fourth-order valence-corrected chi connectivity index (χ4v) is 2.34. The van der Waals surface area contributed by atoms with Gasteiger partial charge in [0, 0.05) is 26.2 Å². The first-order chi connectivity index (χ1) is 10.2. The molecule has 1 aliphatic rings. The van der Waals surface area contributed by atoms with E-state index in [1.54, 1.807) is 13.1 Å². The summed E-state index contributed by atoms with van der Waals surface area (Å²) < 4.78 is 12.5. The van der Waals surface area contributed by atoms with Crippen LogP contribution in [0.4, 0.5) is 5.69 Å². The molecule has 0 N–H and O–H groups in total. The predicted octanol–water partition coefficient (Wildman–Crippen LogP) is 1.58. The van der Waals surface area contributed by atoms with Crippen molar-refractivity contribution in [3.63, 3.8) is 0 Å². The molecule has 1 aliphatic heterocycles. The first-order valence-corrected chi connectivity index (χ1v) is 7.76. The van der Waals surface area contributed by atoms with Crippen molar-refractivity contribution in [2.75, 3.05) is 37.8 Å². The molecule has 1 aromatic heterocycles. The maximum absolute atomic E-state index is 11.8. The van der Waals surface area contributed by atoms with Gasteiger partial charge in [0.05, 0.1) is 19.8 Å². The fourth-order valence-electron chi connectivity index (χ4n) is 2.34. The largest absolute Gasteiger partial charge is 0.475 e. The number of rotatable bonds is 7. The molecule has 2 rings (SSSR count). The van der Waals surface area contributed by atoms with E-state index in [1.807, 2.05) is 0 Å². The van der Waals surface area contributed by atoms with E-state index < -0.39 is 0 Å². The Morgan fingerprint density at radius 2 is 2.05 bits per heavy atom. The highest BCUT2D eigenvalue weighted by Gasteiger charge is 2.18. The SMILES string of the molecule is CCCCCCOc1nn(C)c(=O)cc1N1CCOCC1. The summed E-state index contributed by atoms with van der Waals surface area (Å²) in [6.07, 6.45) is 4.60. The molecule has 1 aromatic rings. The van der Waals surface area contributed by atoms with Crippen molar-refractivity contribution < 1.29 is 9.47 Å². The molecule has 0 saturated carbocycles. The van der Waals surface area contributed by atoms with Gasteiger partial charge in [-0.2, -0.15) is 0 Å². The molecular weight excluding hydrogens is 270 g/mol. The molecule has 6 nitrogen and oxygen atoms in total. The van der Waals surface area contributed by atoms with Crippen LogP contribution in [0.1, 0.15) is 32.6 Å². The Kier molecular flexibility index (Phi) is 6.04. The average molecular weight is 295 g/mol. The smallest absolute Gasteiger partial charge is 0.268 e. The van der Waals surface area contributed by atoms with Crippen LogP contribution >= 0.6 is 0 Å². The number of nitrogens with zero attached hydrogens (tertiary/aromatic N) is 3. The Balaban J connectivity index is 2.06. The van der Waals surface area contributed by atoms with Crippen LogP contribution in [0.2, 0.25) is 0 Å². The van der Waals surface area contributed by atoms with Crippen LogP contribution in [0.5, 0.6) is 5.88 Å². The van der Waals surface area contributed by atoms with E-state index in [-0.39, 0.29) is 5.56 Å². The highest BCUT2D eigenvalue weighted by Crippen LogP contribution is 2.24. The topological polar surface area (TPSA) is 56.6 Å². The first kappa shape index (κ1) is 15.8. The predicted molar refractivity (Wildman–Crippen MR) is 82.1 cm³/mol. The van der Waals surface area contributed by atoms with Gasteiger partial charge in [-0.3, -0.25) is 4.79 Å². The van der Waals surface area contributed by atoms with Crippen LogP contribution in [-0.2, 0) is 11.8 Å². The lowest BCUT2D eigenvalue weighted by molar-refractivity contribution is 0.122. The van der Waals surface area contributed by atoms with Crippen molar-refractivity contribution >= 4 is 5.69 Å². The Labute approximate surface area is 125 Å². The molecule has 0 aromatic carbocycles. The zero-order chi connectivity index (χ0) is 15.1. The summed E-state index contributed by atoms with van der Waals surface area (Å²) in [4.78, 5) is 13.9. The van der Waals surface area contributed by atoms with Gasteiger partial charge >= 0.3 is 0 Å². The minimum absolute atomic E-state index is 0.116. The summed E-state index contributed by atoms with van der Waals surface area (Å²) in [6.45, 7) is 5.70. The number of aryl methyl sites for hydroxylation is 1. The Hall–Kier alpha value is -1.56. The Morgan fingerprint density at radius 3 is 2.76 bits per heavy atom. The van der Waals surface area contributed by atoms with Crippen LogP contribution in [0, 0.1) is 0 Å². The van der Waals surface area contributed by atoms with Crippen LogP contribution in [0.15, 0.2) is 10.9 Å². The minimum atomic E-state index is -0.116. The summed E-state index contributed by atoms with van der Waals surface area (Å²) in [5.74, 6) is 0.551. The standard InChI is InChI=1S/C15H25N3O3/c1-3-4-5-6-9-21-15-13(12-14(19)17(2)16-15)18-7-10-20-11-8-18/h12H,3-11H2,1-2H3. The second kappa shape index (κ2) is 8.02. The number of aromatic nitrogens is 2. The van der Waals surface area contributed by atoms with Crippen LogP contribution in [-0.4, -0.2) is 42.7 Å². The lowest BCUT2D eigenvalue weighted by Crippen LogP contribution is -2.37. The summed E-state index contributed by atoms with van der Waals surface area (Å²) >= 11 is 0. The summed E-state index contributed by atoms with van der Waals surface area (Å²) in [7, 11) is 1.65. The molecule has 6 heteroatoms. The third-order valence-corrected chi connectivity index (χ3v) is 3.63. The number of hydrogen-bond donors (Lipinski definition) is 0. The van der Waals surface area contributed by atoms with E-state index in [0.717, 1.165) is 31.6 Å². The van der Waals surface area contributed by atoms with E-state index in [0.29, 0.717) is 25.7 Å². The average Bonchev–Trinajstić information content (AvgIpc) is 2.51. The van der Waals surface area contributed by atoms with E-state index in [9.17, 15) is 4.79 Å². The molecule has 0 unspecified atom stereocenters. The number of anilines is 1. The van der Waals surface area contributed by atoms with Gasteiger partial charge < -0.3 is 14.4 Å². The van der Waals surface area contributed by atoms with Gasteiger partial charge in [0.1, 0.15) is 5.69 Å². The van der Waals surface area contributed by atoms with Gasteiger partial charge in [0.25, 0.3) is 11.4 Å². The van der Waals surface area contributed by atoms with Crippen molar-refractivity contribution in [2.45, 2.75) is 32.6 Å². The fraction of sp³-hybridized carbons (Fsp3) is 0.733. The van der Waals surface area contributed by atoms with E-state index in [2.05, 4.69) is 16.9 Å². The minimum Gasteiger partial charge on any atom is -0.475 e. The van der Waals surface area contributed by atoms with Gasteiger partial charge in [0.2, 0.25) is 0 Å². The van der Waals surface area contributed by atoms with Crippen molar-refractivity contribution in [3.8, 4) is 5.88 Å². The molecule has 21 heavy (non-hydrogen) atoms. The van der Waals surface area contributed by atoms with Gasteiger partial charge in [-0.25, -0.2) is 4.68 Å². The molecule has 1 saturated heterocycles. The maximum Gasteiger partial charge on any atom is 0.268 e. The second-order valence-corrected chi connectivity index (χ2v) is 5.31. The third-order valence-electron chi connectivity index (χ3n) is 3.63. The molecule has 0 radical (unpaired) electrons. The Bertz CT molecular complexity index is 495. The van der Waals surface area contributed by atoms with Crippen molar-refractivity contribution in [1.82, 2.24) is 9.78 Å². The normalized spacial score (nSPS) is 15.2. The quantitative estimate of drug-likeness (QED) is 0.715. The van der Waals surface area contributed by atoms with Gasteiger partial charge in [-0.15, -0.1) is 5.10 Å². The molecule has 118 valence electrons. The van der Waals surface area contributed by atoms with E-state index in [4.69, 9.17) is 9.47 Å². The van der Waals surface area contributed by atoms with E-state index in [1.165, 1.54) is 17.5 Å². The Morgan fingerprint density at radius 1 is 1.29 bits per heavy atom. The number of ether oxygens (including phenoxy) is 2. The second-order valence-electron chi connectivity index (χ2n) is 5.31. The van der Waals surface area contributed by atoms with Crippen molar-refractivity contribution in [2.24, 2.45) is 7.05 Å². The molecule has 0 bridgehead atoms. The molecule has 0 atom stereocenters. The summed E-state index contributed by atoms with van der Waals surface area (Å²) in [5.41, 5.74) is 0.673. The van der Waals surface area contributed by atoms with Crippen molar-refractivity contribution in [3.05, 3.63) is 16.4 Å². The van der Waals surface area contributed by atoms with Gasteiger partial charge in [-0.1, -0.05) is 26.2 Å². The van der Waals surface area contributed by atoms with Crippen LogP contribution < -0.4 is 15.2 Å². The first-order valence-electron chi connectivity index (χ1n) is 7.76. The van der Waals surface area contributed by atoms with Crippen LogP contribution in [0.25, 0.3) is 0 Å². The zero-order valence-corrected chi connectivity index (χ0v) is 13.0. The van der Waals surface area contributed by atoms with Crippen molar-refractivity contribution in [1.29, 1.82) is 0 Å². The number of hydrogen-bond acceptors (Lipinski definition) is 5. The molecule has 0 aliphatic carbocycles. The van der Waals surface area contributed by atoms with Crippen LogP contribution in [0.3, 0.4) is 0 Å². The highest BCUT2D eigenvalue weighted by atomic mass is 16.5. The lowest BCUT2D eigenvalue weighted by Gasteiger charge is -2.29.